The summed E-state index contributed by atoms with van der Waals surface area (Å²) in [6.07, 6.45) is 4.70. The molecule has 1 aromatic carbocycles. The quantitative estimate of drug-likeness (QED) is 0.815. The number of hydrogen-bond acceptors (Lipinski definition) is 1. The summed E-state index contributed by atoms with van der Waals surface area (Å²) >= 11 is 0.452. The second-order valence-electron chi connectivity index (χ2n) is 4.32. The first-order chi connectivity index (χ1) is 7.25. The predicted molar refractivity (Wildman–Crippen MR) is 64.8 cm³/mol. The molecule has 0 spiro atoms. The van der Waals surface area contributed by atoms with Gasteiger partial charge in [0, 0.05) is 0 Å². The van der Waals surface area contributed by atoms with Crippen molar-refractivity contribution >= 4 is 19.4 Å². The van der Waals surface area contributed by atoms with Crippen LogP contribution in [-0.4, -0.2) is 26.2 Å². The van der Waals surface area contributed by atoms with Crippen molar-refractivity contribution in [1.29, 1.82) is 0 Å². The van der Waals surface area contributed by atoms with E-state index < -0.39 is 0 Å². The molecule has 0 saturated heterocycles. The summed E-state index contributed by atoms with van der Waals surface area (Å²) in [5, 5.41) is 9.90. The molecule has 0 aromatic heterocycles. The Morgan fingerprint density at radius 1 is 1.13 bits per heavy atom. The predicted octanol–water partition coefficient (Wildman–Crippen LogP) is 2.05. The van der Waals surface area contributed by atoms with Crippen LogP contribution in [0.15, 0.2) is 24.3 Å². The van der Waals surface area contributed by atoms with E-state index in [1.165, 1.54) is 29.3 Å². The Kier molecular flexibility index (Phi) is 3.85. The van der Waals surface area contributed by atoms with Crippen molar-refractivity contribution in [3.63, 3.8) is 0 Å². The van der Waals surface area contributed by atoms with Crippen LogP contribution in [0, 0.1) is 6.92 Å². The Hall–Kier alpha value is -0.301. The molecular formula is C13H18OSe. The minimum atomic E-state index is -0.0416. The van der Waals surface area contributed by atoms with Crippen LogP contribution in [0.3, 0.4) is 0 Å². The van der Waals surface area contributed by atoms with Crippen LogP contribution in [0.4, 0.5) is 0 Å². The van der Waals surface area contributed by atoms with Gasteiger partial charge in [0.25, 0.3) is 0 Å². The number of aliphatic hydroxyl groups is 1. The molecule has 0 unspecified atom stereocenters. The Bertz CT molecular complexity index is 307. The molecule has 1 saturated carbocycles. The van der Waals surface area contributed by atoms with E-state index >= 15 is 0 Å². The van der Waals surface area contributed by atoms with Gasteiger partial charge in [-0.15, -0.1) is 0 Å². The first-order valence-corrected chi connectivity index (χ1v) is 7.51. The average molecular weight is 269 g/mol. The van der Waals surface area contributed by atoms with Gasteiger partial charge in [0.2, 0.25) is 0 Å². The van der Waals surface area contributed by atoms with Gasteiger partial charge in [-0.1, -0.05) is 0 Å². The third kappa shape index (κ3) is 3.07. The molecule has 1 aliphatic rings. The summed E-state index contributed by atoms with van der Waals surface area (Å²) in [7, 11) is 0. The van der Waals surface area contributed by atoms with Crippen molar-refractivity contribution in [1.82, 2.24) is 0 Å². The Labute approximate surface area is 98.1 Å². The van der Waals surface area contributed by atoms with E-state index in [2.05, 4.69) is 31.2 Å². The van der Waals surface area contributed by atoms with Gasteiger partial charge in [-0.05, 0) is 0 Å². The molecule has 0 amide bonds. The van der Waals surface area contributed by atoms with Crippen molar-refractivity contribution in [3.8, 4) is 0 Å². The third-order valence-corrected chi connectivity index (χ3v) is 5.91. The first-order valence-electron chi connectivity index (χ1n) is 5.67. The zero-order chi connectivity index (χ0) is 10.7. The van der Waals surface area contributed by atoms with Gasteiger partial charge in [0.05, 0.1) is 0 Å². The van der Waals surface area contributed by atoms with E-state index in [1.807, 2.05) is 0 Å². The molecule has 0 aliphatic heterocycles. The Balaban J connectivity index is 1.98. The van der Waals surface area contributed by atoms with Crippen LogP contribution in [0.25, 0.3) is 0 Å². The van der Waals surface area contributed by atoms with Crippen LogP contribution in [0.1, 0.15) is 31.2 Å². The molecule has 0 bridgehead atoms. The van der Waals surface area contributed by atoms with Crippen molar-refractivity contribution < 1.29 is 5.11 Å². The minimum absolute atomic E-state index is 0.0416. The number of benzene rings is 1. The van der Waals surface area contributed by atoms with Crippen molar-refractivity contribution in [2.45, 2.75) is 43.5 Å². The normalized spacial score (nSPS) is 26.5. The molecule has 0 heterocycles. The molecule has 1 aliphatic carbocycles. The van der Waals surface area contributed by atoms with Crippen LogP contribution in [-0.2, 0) is 0 Å². The fourth-order valence-electron chi connectivity index (χ4n) is 2.01. The first kappa shape index (κ1) is 11.2. The van der Waals surface area contributed by atoms with Crippen molar-refractivity contribution in [2.75, 3.05) is 0 Å². The fraction of sp³-hybridized carbons (Fsp3) is 0.538. The SMILES string of the molecule is Cc1ccc([Se][C@H]2CCCC[C@@H]2O)cc1. The zero-order valence-electron chi connectivity index (χ0n) is 9.15. The van der Waals surface area contributed by atoms with E-state index in [1.54, 1.807) is 0 Å². The fourth-order valence-corrected chi connectivity index (χ4v) is 4.57. The maximum absolute atomic E-state index is 9.90. The molecule has 2 atom stereocenters. The van der Waals surface area contributed by atoms with Crippen LogP contribution in [0.5, 0.6) is 0 Å². The summed E-state index contributed by atoms with van der Waals surface area (Å²) in [6, 6.07) is 8.78. The summed E-state index contributed by atoms with van der Waals surface area (Å²) < 4.78 is 1.43. The number of aliphatic hydroxyl groups excluding tert-OH is 1. The summed E-state index contributed by atoms with van der Waals surface area (Å²) in [6.45, 7) is 2.12. The molecule has 82 valence electrons. The second-order valence-corrected chi connectivity index (χ2v) is 7.08. The molecule has 0 radical (unpaired) electrons. The second kappa shape index (κ2) is 5.16. The Morgan fingerprint density at radius 3 is 2.47 bits per heavy atom. The standard InChI is InChI=1S/C13H18OSe/c1-10-6-8-11(9-7-10)15-13-5-3-2-4-12(13)14/h6-9,12-14H,2-5H2,1H3/t12-,13-/m0/s1. The zero-order valence-corrected chi connectivity index (χ0v) is 10.9. The van der Waals surface area contributed by atoms with Crippen LogP contribution < -0.4 is 4.46 Å². The van der Waals surface area contributed by atoms with E-state index in [9.17, 15) is 5.11 Å². The summed E-state index contributed by atoms with van der Waals surface area (Å²) in [5.74, 6) is 0. The van der Waals surface area contributed by atoms with Gasteiger partial charge in [0.1, 0.15) is 0 Å². The Morgan fingerprint density at radius 2 is 1.80 bits per heavy atom. The van der Waals surface area contributed by atoms with Crippen molar-refractivity contribution in [2.24, 2.45) is 0 Å². The summed E-state index contributed by atoms with van der Waals surface area (Å²) in [4.78, 5) is 0.550. The van der Waals surface area contributed by atoms with Gasteiger partial charge >= 0.3 is 97.9 Å². The van der Waals surface area contributed by atoms with Crippen molar-refractivity contribution in [3.05, 3.63) is 29.8 Å². The molecule has 1 fully saturated rings. The van der Waals surface area contributed by atoms with Gasteiger partial charge in [-0.2, -0.15) is 0 Å². The van der Waals surface area contributed by atoms with Gasteiger partial charge in [-0.3, -0.25) is 0 Å². The molecular weight excluding hydrogens is 251 g/mol. The van der Waals surface area contributed by atoms with Gasteiger partial charge < -0.3 is 0 Å². The molecule has 2 rings (SSSR count). The topological polar surface area (TPSA) is 20.2 Å². The monoisotopic (exact) mass is 270 g/mol. The maximum atomic E-state index is 9.90. The number of rotatable bonds is 2. The molecule has 2 heteroatoms. The van der Waals surface area contributed by atoms with E-state index in [-0.39, 0.29) is 6.10 Å². The number of aryl methyl sites for hydroxylation is 1. The van der Waals surface area contributed by atoms with E-state index in [0.29, 0.717) is 19.8 Å². The molecule has 15 heavy (non-hydrogen) atoms. The average Bonchev–Trinajstić information content (AvgIpc) is 2.25. The van der Waals surface area contributed by atoms with Crippen LogP contribution in [0.2, 0.25) is 4.82 Å². The molecule has 1 N–H and O–H groups in total. The van der Waals surface area contributed by atoms with Gasteiger partial charge in [0.15, 0.2) is 0 Å². The number of hydrogen-bond donors (Lipinski definition) is 1. The van der Waals surface area contributed by atoms with Crippen LogP contribution >= 0.6 is 0 Å². The van der Waals surface area contributed by atoms with Gasteiger partial charge in [-0.25, -0.2) is 0 Å². The van der Waals surface area contributed by atoms with E-state index in [4.69, 9.17) is 0 Å². The third-order valence-electron chi connectivity index (χ3n) is 2.98. The molecule has 1 nitrogen and oxygen atoms in total. The molecule has 1 aromatic rings. The van der Waals surface area contributed by atoms with E-state index in [0.717, 1.165) is 6.42 Å². The summed E-state index contributed by atoms with van der Waals surface area (Å²) in [5.41, 5.74) is 1.32.